The first-order chi connectivity index (χ1) is 9.60. The molecule has 6 heteroatoms. The summed E-state index contributed by atoms with van der Waals surface area (Å²) in [5, 5.41) is 5.28. The van der Waals surface area contributed by atoms with E-state index in [2.05, 4.69) is 15.4 Å². The number of hydrogen-bond donors (Lipinski definition) is 2. The van der Waals surface area contributed by atoms with Crippen molar-refractivity contribution in [2.75, 3.05) is 12.4 Å². The summed E-state index contributed by atoms with van der Waals surface area (Å²) in [6.45, 7) is 0. The molecule has 2 rings (SSSR count). The van der Waals surface area contributed by atoms with Gasteiger partial charge in [-0.2, -0.15) is 0 Å². The SMILES string of the molecule is COC(=O)c1ccccc1NC(=O)CC(=O)NC1CC1. The van der Waals surface area contributed by atoms with E-state index in [1.165, 1.54) is 7.11 Å². The van der Waals surface area contributed by atoms with Crippen molar-refractivity contribution in [3.8, 4) is 0 Å². The van der Waals surface area contributed by atoms with E-state index in [9.17, 15) is 14.4 Å². The van der Waals surface area contributed by atoms with Gasteiger partial charge in [-0.3, -0.25) is 9.59 Å². The Labute approximate surface area is 116 Å². The summed E-state index contributed by atoms with van der Waals surface area (Å²) in [6.07, 6.45) is 1.68. The van der Waals surface area contributed by atoms with Crippen LogP contribution in [-0.4, -0.2) is 30.9 Å². The van der Waals surface area contributed by atoms with Crippen LogP contribution in [0.15, 0.2) is 24.3 Å². The molecule has 1 fully saturated rings. The average molecular weight is 276 g/mol. The van der Waals surface area contributed by atoms with Gasteiger partial charge in [0.05, 0.1) is 18.4 Å². The molecule has 1 aliphatic rings. The molecular weight excluding hydrogens is 260 g/mol. The van der Waals surface area contributed by atoms with Crippen molar-refractivity contribution in [1.29, 1.82) is 0 Å². The van der Waals surface area contributed by atoms with E-state index in [0.29, 0.717) is 5.69 Å². The molecule has 0 unspecified atom stereocenters. The average Bonchev–Trinajstić information content (AvgIpc) is 3.22. The first-order valence-corrected chi connectivity index (χ1v) is 6.36. The van der Waals surface area contributed by atoms with Gasteiger partial charge in [-0.05, 0) is 25.0 Å². The molecule has 2 N–H and O–H groups in total. The van der Waals surface area contributed by atoms with Crippen molar-refractivity contribution in [3.05, 3.63) is 29.8 Å². The maximum Gasteiger partial charge on any atom is 0.339 e. The summed E-state index contributed by atoms with van der Waals surface area (Å²) < 4.78 is 4.63. The number of rotatable bonds is 5. The molecule has 1 aliphatic carbocycles. The van der Waals surface area contributed by atoms with Gasteiger partial charge in [0.2, 0.25) is 11.8 Å². The second-order valence-corrected chi connectivity index (χ2v) is 4.60. The number of nitrogens with one attached hydrogen (secondary N) is 2. The highest BCUT2D eigenvalue weighted by molar-refractivity contribution is 6.06. The van der Waals surface area contributed by atoms with Crippen LogP contribution in [0.4, 0.5) is 5.69 Å². The summed E-state index contributed by atoms with van der Waals surface area (Å²) in [4.78, 5) is 34.8. The molecule has 0 heterocycles. The van der Waals surface area contributed by atoms with Crippen molar-refractivity contribution in [3.63, 3.8) is 0 Å². The number of benzene rings is 1. The van der Waals surface area contributed by atoms with Gasteiger partial charge in [-0.25, -0.2) is 4.79 Å². The highest BCUT2D eigenvalue weighted by Gasteiger charge is 2.24. The lowest BCUT2D eigenvalue weighted by Crippen LogP contribution is -2.29. The Bertz CT molecular complexity index is 538. The Balaban J connectivity index is 1.96. The van der Waals surface area contributed by atoms with Gasteiger partial charge < -0.3 is 15.4 Å². The standard InChI is InChI=1S/C14H16N2O4/c1-20-14(19)10-4-2-3-5-11(10)16-13(18)8-12(17)15-9-6-7-9/h2-5,9H,6-8H2,1H3,(H,15,17)(H,16,18). The van der Waals surface area contributed by atoms with Crippen molar-refractivity contribution < 1.29 is 19.1 Å². The Morgan fingerprint density at radius 3 is 2.55 bits per heavy atom. The summed E-state index contributed by atoms with van der Waals surface area (Å²) >= 11 is 0. The zero-order valence-electron chi connectivity index (χ0n) is 11.1. The van der Waals surface area contributed by atoms with Crippen LogP contribution in [0.1, 0.15) is 29.6 Å². The van der Waals surface area contributed by atoms with Crippen molar-refractivity contribution in [2.45, 2.75) is 25.3 Å². The number of methoxy groups -OCH3 is 1. The lowest BCUT2D eigenvalue weighted by molar-refractivity contribution is -0.126. The van der Waals surface area contributed by atoms with E-state index in [0.717, 1.165) is 12.8 Å². The van der Waals surface area contributed by atoms with Crippen LogP contribution in [0.5, 0.6) is 0 Å². The molecule has 1 saturated carbocycles. The normalized spacial score (nSPS) is 13.4. The Hall–Kier alpha value is -2.37. The van der Waals surface area contributed by atoms with E-state index in [-0.39, 0.29) is 23.9 Å². The van der Waals surface area contributed by atoms with Crippen LogP contribution < -0.4 is 10.6 Å². The van der Waals surface area contributed by atoms with E-state index in [1.54, 1.807) is 24.3 Å². The van der Waals surface area contributed by atoms with E-state index in [4.69, 9.17) is 0 Å². The van der Waals surface area contributed by atoms with E-state index >= 15 is 0 Å². The molecule has 0 saturated heterocycles. The van der Waals surface area contributed by atoms with Gasteiger partial charge in [-0.1, -0.05) is 12.1 Å². The number of amides is 2. The van der Waals surface area contributed by atoms with Crippen LogP contribution in [0.2, 0.25) is 0 Å². The molecule has 0 radical (unpaired) electrons. The molecule has 1 aromatic rings. The molecule has 6 nitrogen and oxygen atoms in total. The van der Waals surface area contributed by atoms with Crippen LogP contribution in [0, 0.1) is 0 Å². The summed E-state index contributed by atoms with van der Waals surface area (Å²) in [5.74, 6) is -1.30. The van der Waals surface area contributed by atoms with Gasteiger partial charge in [0, 0.05) is 6.04 Å². The Morgan fingerprint density at radius 2 is 1.90 bits per heavy atom. The third-order valence-corrected chi connectivity index (χ3v) is 2.87. The largest absolute Gasteiger partial charge is 0.465 e. The first kappa shape index (κ1) is 14.0. The molecule has 0 spiro atoms. The number of hydrogen-bond acceptors (Lipinski definition) is 4. The van der Waals surface area contributed by atoms with Crippen LogP contribution in [0.3, 0.4) is 0 Å². The second kappa shape index (κ2) is 6.18. The van der Waals surface area contributed by atoms with Gasteiger partial charge in [0.1, 0.15) is 6.42 Å². The monoisotopic (exact) mass is 276 g/mol. The molecule has 0 aromatic heterocycles. The molecule has 0 bridgehead atoms. The lowest BCUT2D eigenvalue weighted by Gasteiger charge is -2.09. The third kappa shape index (κ3) is 3.81. The predicted molar refractivity (Wildman–Crippen MR) is 72.2 cm³/mol. The summed E-state index contributed by atoms with van der Waals surface area (Å²) in [6, 6.07) is 6.71. The molecular formula is C14H16N2O4. The van der Waals surface area contributed by atoms with Gasteiger partial charge in [0.25, 0.3) is 0 Å². The number of esters is 1. The topological polar surface area (TPSA) is 84.5 Å². The van der Waals surface area contributed by atoms with Gasteiger partial charge >= 0.3 is 5.97 Å². The maximum absolute atomic E-state index is 11.8. The zero-order valence-corrected chi connectivity index (χ0v) is 11.1. The minimum atomic E-state index is -0.539. The second-order valence-electron chi connectivity index (χ2n) is 4.60. The fraction of sp³-hybridized carbons (Fsp3) is 0.357. The van der Waals surface area contributed by atoms with E-state index < -0.39 is 11.9 Å². The van der Waals surface area contributed by atoms with Gasteiger partial charge in [-0.15, -0.1) is 0 Å². The van der Waals surface area contributed by atoms with Crippen molar-refractivity contribution in [1.82, 2.24) is 5.32 Å². The van der Waals surface area contributed by atoms with Gasteiger partial charge in [0.15, 0.2) is 0 Å². The Kier molecular flexibility index (Phi) is 4.34. The Morgan fingerprint density at radius 1 is 1.20 bits per heavy atom. The molecule has 0 atom stereocenters. The smallest absolute Gasteiger partial charge is 0.339 e. The summed E-state index contributed by atoms with van der Waals surface area (Å²) in [7, 11) is 1.27. The molecule has 0 aliphatic heterocycles. The number of carbonyl (C=O) groups is 3. The number of para-hydroxylation sites is 1. The minimum Gasteiger partial charge on any atom is -0.465 e. The van der Waals surface area contributed by atoms with Crippen molar-refractivity contribution in [2.24, 2.45) is 0 Å². The van der Waals surface area contributed by atoms with Crippen LogP contribution in [0.25, 0.3) is 0 Å². The predicted octanol–water partition coefficient (Wildman–Crippen LogP) is 1.08. The number of anilines is 1. The summed E-state index contributed by atoms with van der Waals surface area (Å²) in [5.41, 5.74) is 0.592. The first-order valence-electron chi connectivity index (χ1n) is 6.36. The van der Waals surface area contributed by atoms with E-state index in [1.807, 2.05) is 0 Å². The highest BCUT2D eigenvalue weighted by atomic mass is 16.5. The molecule has 20 heavy (non-hydrogen) atoms. The lowest BCUT2D eigenvalue weighted by atomic mass is 10.1. The number of carbonyl (C=O) groups excluding carboxylic acids is 3. The zero-order chi connectivity index (χ0) is 14.5. The maximum atomic E-state index is 11.8. The minimum absolute atomic E-state index is 0.220. The third-order valence-electron chi connectivity index (χ3n) is 2.87. The highest BCUT2D eigenvalue weighted by Crippen LogP contribution is 2.19. The molecule has 1 aromatic carbocycles. The van der Waals surface area contributed by atoms with Crippen LogP contribution in [-0.2, 0) is 14.3 Å². The quantitative estimate of drug-likeness (QED) is 0.622. The molecule has 2 amide bonds. The molecule has 106 valence electrons. The fourth-order valence-corrected chi connectivity index (χ4v) is 1.73. The fourth-order valence-electron chi connectivity index (χ4n) is 1.73. The number of ether oxygens (including phenoxy) is 1. The van der Waals surface area contributed by atoms with Crippen LogP contribution >= 0.6 is 0 Å². The van der Waals surface area contributed by atoms with Crippen molar-refractivity contribution >= 4 is 23.5 Å².